The SMILES string of the molecule is COc1cccc(NC(=S)NC2CCCCCC2)c1. The van der Waals surface area contributed by atoms with E-state index < -0.39 is 0 Å². The van der Waals surface area contributed by atoms with Gasteiger partial charge in [0.25, 0.3) is 0 Å². The smallest absolute Gasteiger partial charge is 0.170 e. The molecule has 1 aliphatic rings. The Balaban J connectivity index is 1.85. The molecule has 2 rings (SSSR count). The summed E-state index contributed by atoms with van der Waals surface area (Å²) in [5.74, 6) is 0.835. The predicted molar refractivity (Wildman–Crippen MR) is 83.8 cm³/mol. The first kappa shape index (κ1) is 14.1. The first-order chi connectivity index (χ1) is 9.28. The van der Waals surface area contributed by atoms with Crippen molar-refractivity contribution in [1.82, 2.24) is 5.32 Å². The lowest BCUT2D eigenvalue weighted by molar-refractivity contribution is 0.415. The Bertz CT molecular complexity index is 414. The van der Waals surface area contributed by atoms with Crippen molar-refractivity contribution in [2.24, 2.45) is 0 Å². The molecule has 0 saturated heterocycles. The normalized spacial score (nSPS) is 16.5. The van der Waals surface area contributed by atoms with Crippen molar-refractivity contribution in [2.75, 3.05) is 12.4 Å². The lowest BCUT2D eigenvalue weighted by atomic mass is 10.1. The van der Waals surface area contributed by atoms with Crippen LogP contribution in [-0.2, 0) is 0 Å². The molecule has 3 nitrogen and oxygen atoms in total. The first-order valence-electron chi connectivity index (χ1n) is 6.99. The highest BCUT2D eigenvalue weighted by Crippen LogP contribution is 2.19. The zero-order valence-electron chi connectivity index (χ0n) is 11.4. The molecular formula is C15H22N2OS. The molecule has 1 aliphatic carbocycles. The second-order valence-electron chi connectivity index (χ2n) is 5.02. The Morgan fingerprint density at radius 1 is 1.21 bits per heavy atom. The first-order valence-corrected chi connectivity index (χ1v) is 7.40. The highest BCUT2D eigenvalue weighted by Gasteiger charge is 2.12. The molecule has 0 amide bonds. The van der Waals surface area contributed by atoms with Crippen LogP contribution >= 0.6 is 12.2 Å². The van der Waals surface area contributed by atoms with Gasteiger partial charge in [0.1, 0.15) is 5.75 Å². The highest BCUT2D eigenvalue weighted by atomic mass is 32.1. The number of methoxy groups -OCH3 is 1. The van der Waals surface area contributed by atoms with Crippen LogP contribution in [0.3, 0.4) is 0 Å². The number of thiocarbonyl (C=S) groups is 1. The van der Waals surface area contributed by atoms with Crippen LogP contribution in [-0.4, -0.2) is 18.3 Å². The fraction of sp³-hybridized carbons (Fsp3) is 0.533. The number of benzene rings is 1. The van der Waals surface area contributed by atoms with E-state index in [0.717, 1.165) is 11.4 Å². The van der Waals surface area contributed by atoms with Gasteiger partial charge in [0.2, 0.25) is 0 Å². The van der Waals surface area contributed by atoms with E-state index in [1.54, 1.807) is 7.11 Å². The summed E-state index contributed by atoms with van der Waals surface area (Å²) in [5.41, 5.74) is 0.963. The Morgan fingerprint density at radius 3 is 2.63 bits per heavy atom. The predicted octanol–water partition coefficient (Wildman–Crippen LogP) is 3.70. The molecule has 104 valence electrons. The van der Waals surface area contributed by atoms with Crippen LogP contribution in [0.2, 0.25) is 0 Å². The maximum Gasteiger partial charge on any atom is 0.170 e. The third-order valence-electron chi connectivity index (χ3n) is 3.52. The van der Waals surface area contributed by atoms with Crippen molar-refractivity contribution in [3.8, 4) is 5.75 Å². The molecule has 2 N–H and O–H groups in total. The molecule has 19 heavy (non-hydrogen) atoms. The number of hydrogen-bond donors (Lipinski definition) is 2. The van der Waals surface area contributed by atoms with E-state index in [2.05, 4.69) is 10.6 Å². The van der Waals surface area contributed by atoms with Crippen molar-refractivity contribution in [3.63, 3.8) is 0 Å². The Kier molecular flexibility index (Phi) is 5.45. The quantitative estimate of drug-likeness (QED) is 0.652. The van der Waals surface area contributed by atoms with Crippen LogP contribution in [0.25, 0.3) is 0 Å². The van der Waals surface area contributed by atoms with Crippen molar-refractivity contribution in [2.45, 2.75) is 44.6 Å². The second kappa shape index (κ2) is 7.34. The Hall–Kier alpha value is -1.29. The molecule has 1 saturated carbocycles. The number of ether oxygens (including phenoxy) is 1. The van der Waals surface area contributed by atoms with E-state index in [-0.39, 0.29) is 0 Å². The fourth-order valence-corrected chi connectivity index (χ4v) is 2.76. The summed E-state index contributed by atoms with van der Waals surface area (Å²) >= 11 is 5.38. The third kappa shape index (κ3) is 4.71. The van der Waals surface area contributed by atoms with Crippen LogP contribution < -0.4 is 15.4 Å². The van der Waals surface area contributed by atoms with Crippen molar-refractivity contribution < 1.29 is 4.74 Å². The molecule has 0 heterocycles. The van der Waals surface area contributed by atoms with E-state index >= 15 is 0 Å². The van der Waals surface area contributed by atoms with Gasteiger partial charge in [-0.05, 0) is 37.2 Å². The van der Waals surface area contributed by atoms with Crippen molar-refractivity contribution >= 4 is 23.0 Å². The molecular weight excluding hydrogens is 256 g/mol. The molecule has 0 radical (unpaired) electrons. The second-order valence-corrected chi connectivity index (χ2v) is 5.43. The summed E-state index contributed by atoms with van der Waals surface area (Å²) in [5, 5.41) is 7.36. The van der Waals surface area contributed by atoms with Gasteiger partial charge in [-0.15, -0.1) is 0 Å². The van der Waals surface area contributed by atoms with E-state index in [1.165, 1.54) is 38.5 Å². The minimum Gasteiger partial charge on any atom is -0.497 e. The topological polar surface area (TPSA) is 33.3 Å². The maximum absolute atomic E-state index is 5.38. The minimum absolute atomic E-state index is 0.521. The average Bonchev–Trinajstić information content (AvgIpc) is 2.67. The molecule has 1 aromatic carbocycles. The van der Waals surface area contributed by atoms with Gasteiger partial charge in [-0.2, -0.15) is 0 Å². The molecule has 0 bridgehead atoms. The molecule has 0 atom stereocenters. The van der Waals surface area contributed by atoms with Gasteiger partial charge < -0.3 is 15.4 Å². The van der Waals surface area contributed by atoms with Crippen LogP contribution in [0.4, 0.5) is 5.69 Å². The van der Waals surface area contributed by atoms with Crippen molar-refractivity contribution in [3.05, 3.63) is 24.3 Å². The molecule has 1 aromatic rings. The van der Waals surface area contributed by atoms with Gasteiger partial charge >= 0.3 is 0 Å². The van der Waals surface area contributed by atoms with E-state index in [4.69, 9.17) is 17.0 Å². The van der Waals surface area contributed by atoms with Crippen LogP contribution in [0.5, 0.6) is 5.75 Å². The summed E-state index contributed by atoms with van der Waals surface area (Å²) in [4.78, 5) is 0. The van der Waals surface area contributed by atoms with Gasteiger partial charge in [-0.1, -0.05) is 31.7 Å². The minimum atomic E-state index is 0.521. The zero-order valence-corrected chi connectivity index (χ0v) is 12.3. The molecule has 0 unspecified atom stereocenters. The lowest BCUT2D eigenvalue weighted by Gasteiger charge is -2.19. The third-order valence-corrected chi connectivity index (χ3v) is 3.74. The highest BCUT2D eigenvalue weighted by molar-refractivity contribution is 7.80. The van der Waals surface area contributed by atoms with E-state index in [0.29, 0.717) is 11.2 Å². The van der Waals surface area contributed by atoms with Crippen LogP contribution in [0, 0.1) is 0 Å². The van der Waals surface area contributed by atoms with Crippen LogP contribution in [0.1, 0.15) is 38.5 Å². The number of anilines is 1. The van der Waals surface area contributed by atoms with Crippen molar-refractivity contribution in [1.29, 1.82) is 0 Å². The van der Waals surface area contributed by atoms with Gasteiger partial charge in [-0.25, -0.2) is 0 Å². The molecule has 1 fully saturated rings. The number of nitrogens with one attached hydrogen (secondary N) is 2. The van der Waals surface area contributed by atoms with Gasteiger partial charge in [-0.3, -0.25) is 0 Å². The average molecular weight is 278 g/mol. The Morgan fingerprint density at radius 2 is 1.95 bits per heavy atom. The Labute approximate surface area is 120 Å². The molecule has 0 aliphatic heterocycles. The van der Waals surface area contributed by atoms with Crippen LogP contribution in [0.15, 0.2) is 24.3 Å². The number of hydrogen-bond acceptors (Lipinski definition) is 2. The van der Waals surface area contributed by atoms with Gasteiger partial charge in [0, 0.05) is 17.8 Å². The molecule has 0 aromatic heterocycles. The van der Waals surface area contributed by atoms with Gasteiger partial charge in [0.15, 0.2) is 5.11 Å². The molecule has 0 spiro atoms. The maximum atomic E-state index is 5.38. The summed E-state index contributed by atoms with van der Waals surface area (Å²) in [7, 11) is 1.67. The summed E-state index contributed by atoms with van der Waals surface area (Å²) in [6.07, 6.45) is 7.77. The fourth-order valence-electron chi connectivity index (χ4n) is 2.48. The zero-order chi connectivity index (χ0) is 13.5. The standard InChI is InChI=1S/C15H22N2OS/c1-18-14-10-6-9-13(11-14)17-15(19)16-12-7-4-2-3-5-8-12/h6,9-12H,2-5,7-8H2,1H3,(H2,16,17,19). The lowest BCUT2D eigenvalue weighted by Crippen LogP contribution is -2.37. The van der Waals surface area contributed by atoms with E-state index in [1.807, 2.05) is 24.3 Å². The summed E-state index contributed by atoms with van der Waals surface area (Å²) < 4.78 is 5.20. The summed E-state index contributed by atoms with van der Waals surface area (Å²) in [6, 6.07) is 8.33. The van der Waals surface area contributed by atoms with E-state index in [9.17, 15) is 0 Å². The molecule has 4 heteroatoms. The number of rotatable bonds is 3. The largest absolute Gasteiger partial charge is 0.497 e. The van der Waals surface area contributed by atoms with Gasteiger partial charge in [0.05, 0.1) is 7.11 Å². The summed E-state index contributed by atoms with van der Waals surface area (Å²) in [6.45, 7) is 0. The monoisotopic (exact) mass is 278 g/mol.